The molecule has 1 unspecified atom stereocenters. The molecule has 0 aliphatic carbocycles. The van der Waals surface area contributed by atoms with E-state index in [0.29, 0.717) is 6.42 Å². The van der Waals surface area contributed by atoms with Crippen molar-refractivity contribution in [3.8, 4) is 12.3 Å². The molecule has 0 amide bonds. The van der Waals surface area contributed by atoms with E-state index in [0.717, 1.165) is 0 Å². The van der Waals surface area contributed by atoms with Crippen LogP contribution in [0.5, 0.6) is 0 Å². The number of hydrogen-bond acceptors (Lipinski definition) is 1. The average Bonchev–Trinajstić information content (AvgIpc) is 1.84. The molecule has 1 atom stereocenters. The van der Waals surface area contributed by atoms with Crippen LogP contribution in [-0.2, 0) is 4.57 Å². The van der Waals surface area contributed by atoms with E-state index in [4.69, 9.17) is 11.3 Å². The highest BCUT2D eigenvalue weighted by Crippen LogP contribution is 2.40. The van der Waals surface area contributed by atoms with Gasteiger partial charge in [-0.1, -0.05) is 6.08 Å². The van der Waals surface area contributed by atoms with Crippen LogP contribution in [0.3, 0.4) is 0 Å². The van der Waals surface area contributed by atoms with Gasteiger partial charge in [-0.2, -0.15) is 0 Å². The fraction of sp³-hybridized carbons (Fsp3) is 0.429. The lowest BCUT2D eigenvalue weighted by Gasteiger charge is -2.04. The topological polar surface area (TPSA) is 37.3 Å². The summed E-state index contributed by atoms with van der Waals surface area (Å²) in [6.45, 7) is 3.37. The molecule has 0 saturated carbocycles. The Morgan fingerprint density at radius 2 is 2.40 bits per heavy atom. The van der Waals surface area contributed by atoms with Crippen LogP contribution in [0, 0.1) is 12.3 Å². The Balaban J connectivity index is 3.77. The maximum absolute atomic E-state index is 11.0. The summed E-state index contributed by atoms with van der Waals surface area (Å²) in [4.78, 5) is 9.03. The SMILES string of the molecule is C#CCCP(=O)(O)CC=C. The summed E-state index contributed by atoms with van der Waals surface area (Å²) in [5.74, 6) is 2.32. The van der Waals surface area contributed by atoms with Crippen molar-refractivity contribution >= 4 is 7.37 Å². The molecule has 0 aliphatic heterocycles. The molecule has 0 spiro atoms. The first-order chi connectivity index (χ1) is 4.62. The standard InChI is InChI=1S/C7H11O2P/c1-3-5-7-10(8,9)6-4-2/h1,4H,2,5-7H2,(H,8,9). The molecular weight excluding hydrogens is 147 g/mol. The van der Waals surface area contributed by atoms with Crippen molar-refractivity contribution in [2.24, 2.45) is 0 Å². The molecule has 56 valence electrons. The zero-order chi connectivity index (χ0) is 8.04. The molecule has 2 nitrogen and oxygen atoms in total. The molecule has 0 heterocycles. The molecule has 3 heteroatoms. The lowest BCUT2D eigenvalue weighted by molar-refractivity contribution is 0.481. The molecule has 0 saturated heterocycles. The molecule has 0 aromatic carbocycles. The van der Waals surface area contributed by atoms with E-state index in [1.165, 1.54) is 6.08 Å². The highest BCUT2D eigenvalue weighted by Gasteiger charge is 2.13. The summed E-state index contributed by atoms with van der Waals surface area (Å²) in [5.41, 5.74) is 0. The van der Waals surface area contributed by atoms with Crippen molar-refractivity contribution in [2.45, 2.75) is 6.42 Å². The van der Waals surface area contributed by atoms with Gasteiger partial charge in [0, 0.05) is 18.7 Å². The van der Waals surface area contributed by atoms with Gasteiger partial charge in [-0.15, -0.1) is 18.9 Å². The van der Waals surface area contributed by atoms with E-state index in [-0.39, 0.29) is 12.3 Å². The molecule has 0 rings (SSSR count). The second-order valence-electron chi connectivity index (χ2n) is 2.00. The molecule has 0 aliphatic rings. The Hall–Kier alpha value is -0.510. The van der Waals surface area contributed by atoms with Crippen LogP contribution in [-0.4, -0.2) is 17.2 Å². The first-order valence-electron chi connectivity index (χ1n) is 2.97. The van der Waals surface area contributed by atoms with E-state index >= 15 is 0 Å². The molecule has 0 fully saturated rings. The second-order valence-corrected chi connectivity index (χ2v) is 4.50. The normalized spacial score (nSPS) is 15.2. The Morgan fingerprint density at radius 1 is 1.80 bits per heavy atom. The van der Waals surface area contributed by atoms with Gasteiger partial charge in [0.15, 0.2) is 0 Å². The van der Waals surface area contributed by atoms with Crippen LogP contribution < -0.4 is 0 Å². The van der Waals surface area contributed by atoms with Gasteiger partial charge in [0.25, 0.3) is 0 Å². The van der Waals surface area contributed by atoms with Gasteiger partial charge in [0.2, 0.25) is 7.37 Å². The van der Waals surface area contributed by atoms with E-state index in [1.54, 1.807) is 0 Å². The van der Waals surface area contributed by atoms with Crippen molar-refractivity contribution in [1.29, 1.82) is 0 Å². The van der Waals surface area contributed by atoms with Crippen LogP contribution in [0.25, 0.3) is 0 Å². The van der Waals surface area contributed by atoms with Crippen molar-refractivity contribution in [3.63, 3.8) is 0 Å². The Kier molecular flexibility index (Phi) is 4.11. The van der Waals surface area contributed by atoms with Crippen LogP contribution in [0.2, 0.25) is 0 Å². The Morgan fingerprint density at radius 3 is 2.80 bits per heavy atom. The van der Waals surface area contributed by atoms with Crippen LogP contribution in [0.1, 0.15) is 6.42 Å². The predicted molar refractivity (Wildman–Crippen MR) is 43.2 cm³/mol. The number of hydrogen-bond donors (Lipinski definition) is 1. The summed E-state index contributed by atoms with van der Waals surface area (Å²) < 4.78 is 11.0. The molecule has 10 heavy (non-hydrogen) atoms. The highest BCUT2D eigenvalue weighted by molar-refractivity contribution is 7.58. The second kappa shape index (κ2) is 4.33. The minimum atomic E-state index is -2.97. The number of rotatable bonds is 4. The lowest BCUT2D eigenvalue weighted by Crippen LogP contribution is -1.90. The third kappa shape index (κ3) is 4.38. The van der Waals surface area contributed by atoms with E-state index in [9.17, 15) is 4.57 Å². The van der Waals surface area contributed by atoms with Crippen molar-refractivity contribution in [1.82, 2.24) is 0 Å². The third-order valence-electron chi connectivity index (χ3n) is 1.02. The first-order valence-corrected chi connectivity index (χ1v) is 5.00. The molecule has 0 aromatic rings. The highest BCUT2D eigenvalue weighted by atomic mass is 31.2. The lowest BCUT2D eigenvalue weighted by atomic mass is 10.5. The van der Waals surface area contributed by atoms with Gasteiger partial charge in [0.1, 0.15) is 0 Å². The van der Waals surface area contributed by atoms with Gasteiger partial charge in [-0.3, -0.25) is 4.57 Å². The van der Waals surface area contributed by atoms with E-state index in [1.807, 2.05) is 0 Å². The zero-order valence-corrected chi connectivity index (χ0v) is 6.68. The summed E-state index contributed by atoms with van der Waals surface area (Å²) in [5, 5.41) is 0. The number of allylic oxidation sites excluding steroid dienone is 1. The smallest absolute Gasteiger partial charge is 0.205 e. The van der Waals surface area contributed by atoms with Crippen molar-refractivity contribution in [2.75, 3.05) is 12.3 Å². The Bertz CT molecular complexity index is 190. The number of terminal acetylenes is 1. The van der Waals surface area contributed by atoms with E-state index in [2.05, 4.69) is 12.5 Å². The largest absolute Gasteiger partial charge is 0.344 e. The summed E-state index contributed by atoms with van der Waals surface area (Å²) >= 11 is 0. The van der Waals surface area contributed by atoms with Crippen molar-refractivity contribution < 1.29 is 9.46 Å². The maximum atomic E-state index is 11.0. The fourth-order valence-corrected chi connectivity index (χ4v) is 1.60. The predicted octanol–water partition coefficient (Wildman–Crippen LogP) is 1.47. The first kappa shape index (κ1) is 9.49. The molecule has 0 bridgehead atoms. The average molecular weight is 158 g/mol. The fourth-order valence-electron chi connectivity index (χ4n) is 0.532. The third-order valence-corrected chi connectivity index (χ3v) is 2.77. The van der Waals surface area contributed by atoms with Gasteiger partial charge in [0.05, 0.1) is 0 Å². The van der Waals surface area contributed by atoms with Crippen LogP contribution in [0.15, 0.2) is 12.7 Å². The Labute approximate surface area is 61.4 Å². The van der Waals surface area contributed by atoms with Gasteiger partial charge < -0.3 is 4.89 Å². The molecule has 0 radical (unpaired) electrons. The summed E-state index contributed by atoms with van der Waals surface area (Å²) in [7, 11) is -2.97. The molecule has 0 aromatic heterocycles. The van der Waals surface area contributed by atoms with E-state index < -0.39 is 7.37 Å². The van der Waals surface area contributed by atoms with Crippen molar-refractivity contribution in [3.05, 3.63) is 12.7 Å². The monoisotopic (exact) mass is 158 g/mol. The van der Waals surface area contributed by atoms with Crippen LogP contribution >= 0.6 is 7.37 Å². The minimum Gasteiger partial charge on any atom is -0.344 e. The van der Waals surface area contributed by atoms with Crippen LogP contribution in [0.4, 0.5) is 0 Å². The minimum absolute atomic E-state index is 0.161. The quantitative estimate of drug-likeness (QED) is 0.382. The molecular formula is C7H11O2P. The van der Waals surface area contributed by atoms with Gasteiger partial charge in [-0.25, -0.2) is 0 Å². The molecule has 1 N–H and O–H groups in total. The maximum Gasteiger partial charge on any atom is 0.205 e. The summed E-state index contributed by atoms with van der Waals surface area (Å²) in [6.07, 6.45) is 7.09. The summed E-state index contributed by atoms with van der Waals surface area (Å²) in [6, 6.07) is 0. The zero-order valence-electron chi connectivity index (χ0n) is 5.79. The van der Waals surface area contributed by atoms with Gasteiger partial charge in [-0.05, 0) is 0 Å². The van der Waals surface area contributed by atoms with Gasteiger partial charge >= 0.3 is 0 Å².